The summed E-state index contributed by atoms with van der Waals surface area (Å²) in [6.45, 7) is 4.86. The Morgan fingerprint density at radius 2 is 1.91 bits per heavy atom. The summed E-state index contributed by atoms with van der Waals surface area (Å²) in [6, 6.07) is 16.6. The van der Waals surface area contributed by atoms with Gasteiger partial charge in [-0.1, -0.05) is 48.0 Å². The lowest BCUT2D eigenvalue weighted by molar-refractivity contribution is 0.643. The fourth-order valence-corrected chi connectivity index (χ4v) is 4.85. The number of aromatic nitrogens is 5. The summed E-state index contributed by atoms with van der Waals surface area (Å²) in [6.07, 6.45) is 4.05. The van der Waals surface area contributed by atoms with E-state index in [-0.39, 0.29) is 11.6 Å². The molecule has 1 atom stereocenters. The normalized spacial score (nSPS) is 16.2. The van der Waals surface area contributed by atoms with Gasteiger partial charge in [0, 0.05) is 12.7 Å². The Labute approximate surface area is 194 Å². The van der Waals surface area contributed by atoms with Crippen molar-refractivity contribution >= 4 is 39.4 Å². The first kappa shape index (κ1) is 19.7. The number of aromatic amines is 1. The first-order valence-corrected chi connectivity index (χ1v) is 11.0. The molecule has 0 spiro atoms. The van der Waals surface area contributed by atoms with Crippen molar-refractivity contribution in [2.75, 3.05) is 11.4 Å². The third-order valence-electron chi connectivity index (χ3n) is 6.04. The molecule has 8 heteroatoms. The summed E-state index contributed by atoms with van der Waals surface area (Å²) >= 11 is 6.44. The zero-order valence-electron chi connectivity index (χ0n) is 17.6. The molecule has 0 saturated carbocycles. The van der Waals surface area contributed by atoms with Gasteiger partial charge in [0.1, 0.15) is 23.6 Å². The third kappa shape index (κ3) is 3.12. The van der Waals surface area contributed by atoms with Crippen LogP contribution in [0.4, 0.5) is 5.82 Å². The molecule has 1 saturated heterocycles. The lowest BCUT2D eigenvalue weighted by atomic mass is 10.1. The van der Waals surface area contributed by atoms with Gasteiger partial charge in [-0.05, 0) is 36.8 Å². The van der Waals surface area contributed by atoms with Crippen molar-refractivity contribution in [2.45, 2.75) is 12.5 Å². The Hall–Kier alpha value is -3.97. The van der Waals surface area contributed by atoms with Gasteiger partial charge in [-0.2, -0.15) is 0 Å². The molecule has 0 unspecified atom stereocenters. The summed E-state index contributed by atoms with van der Waals surface area (Å²) in [5.41, 5.74) is 2.91. The summed E-state index contributed by atoms with van der Waals surface area (Å²) in [4.78, 5) is 33.0. The number of rotatable bonds is 3. The molecule has 1 aliphatic heterocycles. The van der Waals surface area contributed by atoms with E-state index in [2.05, 4.69) is 26.4 Å². The molecule has 0 bridgehead atoms. The van der Waals surface area contributed by atoms with E-state index in [1.165, 1.54) is 0 Å². The van der Waals surface area contributed by atoms with Crippen LogP contribution in [0.3, 0.4) is 0 Å². The summed E-state index contributed by atoms with van der Waals surface area (Å²) < 4.78 is 1.67. The Morgan fingerprint density at radius 3 is 2.76 bits per heavy atom. The molecule has 4 heterocycles. The van der Waals surface area contributed by atoms with E-state index in [4.69, 9.17) is 16.6 Å². The maximum absolute atomic E-state index is 13.8. The first-order valence-electron chi connectivity index (χ1n) is 10.6. The molecular weight excluding hydrogens is 436 g/mol. The molecule has 1 N–H and O–H groups in total. The molecule has 0 radical (unpaired) electrons. The van der Waals surface area contributed by atoms with Gasteiger partial charge in [0.25, 0.3) is 5.56 Å². The van der Waals surface area contributed by atoms with Crippen molar-refractivity contribution in [1.29, 1.82) is 0 Å². The van der Waals surface area contributed by atoms with Crippen LogP contribution in [0.5, 0.6) is 0 Å². The van der Waals surface area contributed by atoms with Crippen molar-refractivity contribution < 1.29 is 0 Å². The highest BCUT2D eigenvalue weighted by atomic mass is 35.5. The SMILES string of the molecule is C=C1C[C@@H](c2nc3cccc(Cl)c3c(=O)n2-c2ccccc2)N(c2ncnc3[nH]ccc23)C1. The van der Waals surface area contributed by atoms with Crippen molar-refractivity contribution in [2.24, 2.45) is 0 Å². The summed E-state index contributed by atoms with van der Waals surface area (Å²) in [5.74, 6) is 1.41. The van der Waals surface area contributed by atoms with Crippen LogP contribution in [0, 0.1) is 0 Å². The quantitative estimate of drug-likeness (QED) is 0.395. The topological polar surface area (TPSA) is 79.7 Å². The van der Waals surface area contributed by atoms with Crippen LogP contribution in [-0.2, 0) is 0 Å². The van der Waals surface area contributed by atoms with Crippen LogP contribution in [0.15, 0.2) is 84.1 Å². The van der Waals surface area contributed by atoms with Crippen molar-refractivity contribution in [3.8, 4) is 5.69 Å². The van der Waals surface area contributed by atoms with Gasteiger partial charge in [0.05, 0.1) is 33.0 Å². The molecule has 3 aromatic heterocycles. The van der Waals surface area contributed by atoms with Gasteiger partial charge < -0.3 is 9.88 Å². The Kier molecular flexibility index (Phi) is 4.52. The Bertz CT molecular complexity index is 1590. The zero-order chi connectivity index (χ0) is 22.5. The van der Waals surface area contributed by atoms with E-state index in [1.54, 1.807) is 17.0 Å². The zero-order valence-corrected chi connectivity index (χ0v) is 18.3. The molecule has 0 amide bonds. The summed E-state index contributed by atoms with van der Waals surface area (Å²) in [7, 11) is 0. The number of H-pyrrole nitrogens is 1. The smallest absolute Gasteiger partial charge is 0.267 e. The van der Waals surface area contributed by atoms with E-state index in [1.807, 2.05) is 54.7 Å². The minimum absolute atomic E-state index is 0.196. The van der Waals surface area contributed by atoms with Gasteiger partial charge in [0.2, 0.25) is 0 Å². The number of nitrogens with one attached hydrogen (secondary N) is 1. The van der Waals surface area contributed by atoms with Crippen molar-refractivity contribution in [3.63, 3.8) is 0 Å². The van der Waals surface area contributed by atoms with Crippen molar-refractivity contribution in [1.82, 2.24) is 24.5 Å². The highest BCUT2D eigenvalue weighted by Crippen LogP contribution is 2.39. The Balaban J connectivity index is 1.64. The first-order chi connectivity index (χ1) is 16.1. The second-order valence-corrected chi connectivity index (χ2v) is 8.52. The minimum Gasteiger partial charge on any atom is -0.346 e. The largest absolute Gasteiger partial charge is 0.346 e. The number of para-hydroxylation sites is 1. The van der Waals surface area contributed by atoms with E-state index < -0.39 is 0 Å². The van der Waals surface area contributed by atoms with Crippen LogP contribution in [0.25, 0.3) is 27.6 Å². The molecule has 2 aromatic carbocycles. The number of hydrogen-bond donors (Lipinski definition) is 1. The highest BCUT2D eigenvalue weighted by Gasteiger charge is 2.35. The van der Waals surface area contributed by atoms with Gasteiger partial charge in [0.15, 0.2) is 0 Å². The van der Waals surface area contributed by atoms with E-state index in [9.17, 15) is 4.79 Å². The molecule has 7 nitrogen and oxygen atoms in total. The predicted molar refractivity (Wildman–Crippen MR) is 130 cm³/mol. The molecule has 6 rings (SSSR count). The maximum Gasteiger partial charge on any atom is 0.267 e. The van der Waals surface area contributed by atoms with E-state index in [0.717, 1.165) is 28.1 Å². The number of anilines is 1. The number of hydrogen-bond acceptors (Lipinski definition) is 5. The highest BCUT2D eigenvalue weighted by molar-refractivity contribution is 6.35. The monoisotopic (exact) mass is 454 g/mol. The van der Waals surface area contributed by atoms with Crippen LogP contribution >= 0.6 is 11.6 Å². The fourth-order valence-electron chi connectivity index (χ4n) is 4.60. The fraction of sp³-hybridized carbons (Fsp3) is 0.120. The van der Waals surface area contributed by atoms with Gasteiger partial charge in [-0.25, -0.2) is 15.0 Å². The van der Waals surface area contributed by atoms with Crippen LogP contribution < -0.4 is 10.5 Å². The second-order valence-electron chi connectivity index (χ2n) is 8.12. The van der Waals surface area contributed by atoms with Crippen LogP contribution in [0.2, 0.25) is 5.02 Å². The van der Waals surface area contributed by atoms with E-state index in [0.29, 0.717) is 34.7 Å². The molecule has 33 heavy (non-hydrogen) atoms. The van der Waals surface area contributed by atoms with Crippen molar-refractivity contribution in [3.05, 3.63) is 100 Å². The molecule has 0 aliphatic carbocycles. The molecular formula is C25H19ClN6O. The van der Waals surface area contributed by atoms with Gasteiger partial charge in [-0.15, -0.1) is 0 Å². The van der Waals surface area contributed by atoms with Gasteiger partial charge in [-0.3, -0.25) is 9.36 Å². The standard InChI is InChI=1S/C25H19ClN6O/c1-15-12-20(31(13-15)23-17-10-11-27-22(17)28-14-29-23)24-30-19-9-5-8-18(26)21(19)25(33)32(24)16-6-3-2-4-7-16/h2-11,14,20H,1,12-13H2,(H,27,28,29)/t20-/m0/s1. The molecule has 5 aromatic rings. The lowest BCUT2D eigenvalue weighted by Gasteiger charge is -2.27. The van der Waals surface area contributed by atoms with Crippen LogP contribution in [-0.4, -0.2) is 31.0 Å². The minimum atomic E-state index is -0.234. The Morgan fingerprint density at radius 1 is 1.06 bits per heavy atom. The number of benzene rings is 2. The maximum atomic E-state index is 13.8. The predicted octanol–water partition coefficient (Wildman–Crippen LogP) is 4.82. The molecule has 162 valence electrons. The lowest BCUT2D eigenvalue weighted by Crippen LogP contribution is -2.32. The molecule has 1 fully saturated rings. The number of halogens is 1. The number of nitrogens with zero attached hydrogens (tertiary/aromatic N) is 5. The van der Waals surface area contributed by atoms with Crippen LogP contribution in [0.1, 0.15) is 18.3 Å². The molecule has 1 aliphatic rings. The average Bonchev–Trinajstić information content (AvgIpc) is 3.46. The third-order valence-corrected chi connectivity index (χ3v) is 6.36. The summed E-state index contributed by atoms with van der Waals surface area (Å²) in [5, 5.41) is 1.71. The number of fused-ring (bicyclic) bond motifs is 2. The average molecular weight is 455 g/mol. The van der Waals surface area contributed by atoms with E-state index >= 15 is 0 Å². The van der Waals surface area contributed by atoms with Gasteiger partial charge >= 0.3 is 0 Å². The second kappa shape index (κ2) is 7.56.